The maximum atomic E-state index is 11.6. The smallest absolute Gasteiger partial charge is 0.344 e. The van der Waals surface area contributed by atoms with Gasteiger partial charge in [-0.15, -0.1) is 0 Å². The van der Waals surface area contributed by atoms with Crippen molar-refractivity contribution >= 4 is 5.97 Å². The van der Waals surface area contributed by atoms with Gasteiger partial charge in [0.2, 0.25) is 0 Å². The van der Waals surface area contributed by atoms with Crippen molar-refractivity contribution in [3.05, 3.63) is 30.3 Å². The van der Waals surface area contributed by atoms with Crippen LogP contribution < -0.4 is 17.1 Å². The number of hydrogen-bond acceptors (Lipinski definition) is 4. The van der Waals surface area contributed by atoms with Crippen molar-refractivity contribution in [1.82, 2.24) is 4.90 Å². The summed E-state index contributed by atoms with van der Waals surface area (Å²) in [5, 5.41) is 0. The van der Waals surface area contributed by atoms with E-state index in [2.05, 4.69) is 4.90 Å². The molecule has 0 radical (unpaired) electrons. The molecule has 1 saturated heterocycles. The highest BCUT2D eigenvalue weighted by atomic mass is 35.5. The van der Waals surface area contributed by atoms with Crippen LogP contribution in [0.5, 0.6) is 5.75 Å². The molecule has 0 aromatic heterocycles. The minimum Gasteiger partial charge on any atom is -1.00 e. The molecule has 1 aliphatic rings. The lowest BCUT2D eigenvalue weighted by Crippen LogP contribution is -3.00. The number of carbonyl (C=O) groups excluding carboxylic acids is 1. The van der Waals surface area contributed by atoms with Crippen molar-refractivity contribution in [3.63, 3.8) is 0 Å². The highest BCUT2D eigenvalue weighted by Gasteiger charge is 2.20. The van der Waals surface area contributed by atoms with Crippen LogP contribution in [0.2, 0.25) is 0 Å². The predicted octanol–water partition coefficient (Wildman–Crippen LogP) is -1.29. The number of para-hydroxylation sites is 1. The molecule has 5 heteroatoms. The van der Waals surface area contributed by atoms with E-state index in [-0.39, 0.29) is 31.1 Å². The monoisotopic (exact) mass is 284 g/mol. The summed E-state index contributed by atoms with van der Waals surface area (Å²) in [4.78, 5) is 13.8. The summed E-state index contributed by atoms with van der Waals surface area (Å²) in [5.41, 5.74) is 0. The topological polar surface area (TPSA) is 38.8 Å². The quantitative estimate of drug-likeness (QED) is 0.645. The zero-order chi connectivity index (χ0) is 12.8. The van der Waals surface area contributed by atoms with Gasteiger partial charge in [0.15, 0.2) is 6.61 Å². The third kappa shape index (κ3) is 5.49. The highest BCUT2D eigenvalue weighted by molar-refractivity contribution is 5.71. The maximum absolute atomic E-state index is 11.6. The first-order valence-corrected chi connectivity index (χ1v) is 6.30. The van der Waals surface area contributed by atoms with Crippen molar-refractivity contribution in [2.45, 2.75) is 18.9 Å². The molecular weight excluding hydrogens is 266 g/mol. The molecule has 1 atom stereocenters. The van der Waals surface area contributed by atoms with Crippen LogP contribution in [-0.2, 0) is 9.53 Å². The first-order chi connectivity index (χ1) is 8.74. The first kappa shape index (κ1) is 15.8. The molecule has 1 fully saturated rings. The second-order valence-corrected chi connectivity index (χ2v) is 4.62. The number of nitrogens with zero attached hydrogens (tertiary/aromatic N) is 1. The predicted molar refractivity (Wildman–Crippen MR) is 68.5 cm³/mol. The van der Waals surface area contributed by atoms with Gasteiger partial charge in [-0.1, -0.05) is 18.2 Å². The second kappa shape index (κ2) is 8.02. The van der Waals surface area contributed by atoms with Crippen molar-refractivity contribution in [2.75, 3.05) is 26.7 Å². The van der Waals surface area contributed by atoms with Crippen LogP contribution >= 0.6 is 0 Å². The van der Waals surface area contributed by atoms with Gasteiger partial charge < -0.3 is 26.8 Å². The number of benzene rings is 1. The molecule has 0 aliphatic carbocycles. The van der Waals surface area contributed by atoms with Gasteiger partial charge in [0.25, 0.3) is 0 Å². The van der Waals surface area contributed by atoms with Gasteiger partial charge >= 0.3 is 5.97 Å². The van der Waals surface area contributed by atoms with Gasteiger partial charge in [0, 0.05) is 6.54 Å². The minimum absolute atomic E-state index is 0. The average molecular weight is 285 g/mol. The Balaban J connectivity index is 0.00000180. The van der Waals surface area contributed by atoms with Gasteiger partial charge in [0.1, 0.15) is 11.9 Å². The SMILES string of the molecule is CN1CCCC(OC(=O)COc2ccccc2)C1.[Cl-]. The van der Waals surface area contributed by atoms with E-state index in [0.29, 0.717) is 5.75 Å². The Morgan fingerprint density at radius 2 is 2.11 bits per heavy atom. The summed E-state index contributed by atoms with van der Waals surface area (Å²) in [6.07, 6.45) is 2.03. The summed E-state index contributed by atoms with van der Waals surface area (Å²) < 4.78 is 10.7. The molecule has 4 nitrogen and oxygen atoms in total. The molecule has 0 saturated carbocycles. The molecule has 0 bridgehead atoms. The molecule has 1 unspecified atom stereocenters. The molecule has 1 aromatic carbocycles. The molecule has 2 rings (SSSR count). The summed E-state index contributed by atoms with van der Waals surface area (Å²) >= 11 is 0. The number of likely N-dealkylation sites (tertiary alicyclic amines) is 1. The van der Waals surface area contributed by atoms with Crippen LogP contribution in [0.15, 0.2) is 30.3 Å². The van der Waals surface area contributed by atoms with Gasteiger partial charge in [-0.25, -0.2) is 4.79 Å². The number of carbonyl (C=O) groups is 1. The fourth-order valence-electron chi connectivity index (χ4n) is 2.09. The van der Waals surface area contributed by atoms with Crippen molar-refractivity contribution in [1.29, 1.82) is 0 Å². The fourth-order valence-corrected chi connectivity index (χ4v) is 2.09. The number of likely N-dealkylation sites (N-methyl/N-ethyl adjacent to an activating group) is 1. The molecule has 1 aliphatic heterocycles. The Hall–Kier alpha value is -1.26. The van der Waals surface area contributed by atoms with Gasteiger partial charge in [-0.2, -0.15) is 0 Å². The Morgan fingerprint density at radius 3 is 2.79 bits per heavy atom. The van der Waals surface area contributed by atoms with Gasteiger partial charge in [-0.3, -0.25) is 0 Å². The van der Waals surface area contributed by atoms with Crippen molar-refractivity contribution in [3.8, 4) is 5.75 Å². The van der Waals surface area contributed by atoms with Crippen LogP contribution in [0.3, 0.4) is 0 Å². The minimum atomic E-state index is -0.292. The largest absolute Gasteiger partial charge is 1.00 e. The molecule has 0 N–H and O–H groups in total. The maximum Gasteiger partial charge on any atom is 0.344 e. The summed E-state index contributed by atoms with van der Waals surface area (Å²) in [7, 11) is 2.04. The van der Waals surface area contributed by atoms with Crippen LogP contribution in [0.25, 0.3) is 0 Å². The highest BCUT2D eigenvalue weighted by Crippen LogP contribution is 2.12. The molecule has 1 aromatic rings. The van der Waals surface area contributed by atoms with Crippen molar-refractivity contribution < 1.29 is 26.7 Å². The van der Waals surface area contributed by atoms with Crippen LogP contribution in [0, 0.1) is 0 Å². The number of piperidine rings is 1. The number of ether oxygens (including phenoxy) is 2. The van der Waals surface area contributed by atoms with E-state index in [1.165, 1.54) is 0 Å². The number of halogens is 1. The molecule has 0 amide bonds. The Bertz CT molecular complexity index is 386. The van der Waals surface area contributed by atoms with Crippen LogP contribution in [0.4, 0.5) is 0 Å². The standard InChI is InChI=1S/C14H19NO3.ClH/c1-15-9-5-8-13(10-15)18-14(16)11-17-12-6-3-2-4-7-12;/h2-4,6-7,13H,5,8-11H2,1H3;1H/p-1. The van der Waals surface area contributed by atoms with Gasteiger partial charge in [-0.05, 0) is 38.6 Å². The normalized spacial score (nSPS) is 19.3. The molecule has 1 heterocycles. The van der Waals surface area contributed by atoms with E-state index < -0.39 is 0 Å². The van der Waals surface area contributed by atoms with E-state index in [1.807, 2.05) is 37.4 Å². The van der Waals surface area contributed by atoms with Crippen LogP contribution in [0.1, 0.15) is 12.8 Å². The molecule has 106 valence electrons. The molecule has 19 heavy (non-hydrogen) atoms. The van der Waals surface area contributed by atoms with Gasteiger partial charge in [0.05, 0.1) is 0 Å². The molecule has 0 spiro atoms. The van der Waals surface area contributed by atoms with Crippen LogP contribution in [-0.4, -0.2) is 43.7 Å². The lowest BCUT2D eigenvalue weighted by molar-refractivity contribution is -0.153. The Morgan fingerprint density at radius 1 is 1.37 bits per heavy atom. The van der Waals surface area contributed by atoms with E-state index in [4.69, 9.17) is 9.47 Å². The zero-order valence-electron chi connectivity index (χ0n) is 11.0. The lowest BCUT2D eigenvalue weighted by atomic mass is 10.1. The third-order valence-electron chi connectivity index (χ3n) is 2.98. The number of hydrogen-bond donors (Lipinski definition) is 0. The zero-order valence-corrected chi connectivity index (χ0v) is 11.8. The fraction of sp³-hybridized carbons (Fsp3) is 0.500. The molecular formula is C14H19ClNO3-. The second-order valence-electron chi connectivity index (χ2n) is 4.62. The van der Waals surface area contributed by atoms with E-state index in [0.717, 1.165) is 25.9 Å². The van der Waals surface area contributed by atoms with Crippen molar-refractivity contribution in [2.24, 2.45) is 0 Å². The average Bonchev–Trinajstić information content (AvgIpc) is 2.38. The Labute approximate surface area is 120 Å². The van der Waals surface area contributed by atoms with E-state index in [1.54, 1.807) is 0 Å². The summed E-state index contributed by atoms with van der Waals surface area (Å²) in [6, 6.07) is 9.29. The number of rotatable bonds is 4. The van der Waals surface area contributed by atoms with E-state index >= 15 is 0 Å². The first-order valence-electron chi connectivity index (χ1n) is 6.30. The summed E-state index contributed by atoms with van der Waals surface area (Å²) in [5.74, 6) is 0.398. The summed E-state index contributed by atoms with van der Waals surface area (Å²) in [6.45, 7) is 1.87. The number of esters is 1. The lowest BCUT2D eigenvalue weighted by Gasteiger charge is -2.29. The van der Waals surface area contributed by atoms with E-state index in [9.17, 15) is 4.79 Å². The Kier molecular flexibility index (Phi) is 6.67. The third-order valence-corrected chi connectivity index (χ3v) is 2.98.